The fourth-order valence-corrected chi connectivity index (χ4v) is 3.98. The second-order valence-corrected chi connectivity index (χ2v) is 10.2. The minimum atomic E-state index is -6.60. The molecule has 0 saturated carbocycles. The van der Waals surface area contributed by atoms with Crippen molar-refractivity contribution in [2.24, 2.45) is 0 Å². The lowest BCUT2D eigenvalue weighted by Crippen LogP contribution is -2.57. The first-order valence-corrected chi connectivity index (χ1v) is 12.9. The first-order chi connectivity index (χ1) is 18.5. The second-order valence-electron chi connectivity index (χ2n) is 8.05. The van der Waals surface area contributed by atoms with Crippen LogP contribution in [-0.2, 0) is 9.59 Å². The number of benzene rings is 2. The largest absolute Gasteiger partial charge is 0.460 e. The minimum absolute atomic E-state index is 0.00567. The zero-order valence-corrected chi connectivity index (χ0v) is 23.7. The summed E-state index contributed by atoms with van der Waals surface area (Å²) in [4.78, 5) is 22.7. The second kappa shape index (κ2) is 11.9. The van der Waals surface area contributed by atoms with Crippen molar-refractivity contribution in [3.05, 3.63) is 44.3 Å². The van der Waals surface area contributed by atoms with Crippen LogP contribution in [0.25, 0.3) is 21.8 Å². The molecule has 0 radical (unpaired) electrons. The number of nitrogens with one attached hydrogen (secondary N) is 4. The number of fused-ring (bicyclic) bond motifs is 2. The highest BCUT2D eigenvalue weighted by Crippen LogP contribution is 2.47. The van der Waals surface area contributed by atoms with Gasteiger partial charge in [-0.1, -0.05) is 18.5 Å². The van der Waals surface area contributed by atoms with Gasteiger partial charge in [-0.2, -0.15) is 40.9 Å². The summed E-state index contributed by atoms with van der Waals surface area (Å²) in [5, 5.41) is 17.7. The van der Waals surface area contributed by atoms with Gasteiger partial charge in [0.2, 0.25) is 5.91 Å². The average molecular weight is 725 g/mol. The number of anilines is 2. The molecule has 0 fully saturated rings. The van der Waals surface area contributed by atoms with Gasteiger partial charge in [0.15, 0.2) is 11.6 Å². The molecule has 0 aliphatic heterocycles. The monoisotopic (exact) mass is 722 g/mol. The normalized spacial score (nSPS) is 12.3. The summed E-state index contributed by atoms with van der Waals surface area (Å²) in [6.07, 6.45) is -5.27. The van der Waals surface area contributed by atoms with Crippen molar-refractivity contribution >= 4 is 88.7 Å². The van der Waals surface area contributed by atoms with Gasteiger partial charge < -0.3 is 10.6 Å². The van der Waals surface area contributed by atoms with Gasteiger partial charge >= 0.3 is 23.9 Å². The molecule has 2 amide bonds. The lowest BCUT2D eigenvalue weighted by molar-refractivity contribution is -0.343. The number of aromatic amines is 2. The Bertz CT molecular complexity index is 1560. The predicted octanol–water partition coefficient (Wildman–Crippen LogP) is 7.81. The lowest BCUT2D eigenvalue weighted by atomic mass is 10.1. The van der Waals surface area contributed by atoms with E-state index in [1.54, 1.807) is 0 Å². The molecule has 216 valence electrons. The Kier molecular flexibility index (Phi) is 9.40. The van der Waals surface area contributed by atoms with Crippen LogP contribution in [0.2, 0.25) is 5.02 Å². The number of carbonyl (C=O) groups excluding carboxylic acids is 2. The van der Waals surface area contributed by atoms with Gasteiger partial charge in [0.25, 0.3) is 0 Å². The fourth-order valence-electron chi connectivity index (χ4n) is 3.12. The van der Waals surface area contributed by atoms with Crippen LogP contribution >= 0.6 is 43.5 Å². The maximum absolute atomic E-state index is 13.2. The maximum Gasteiger partial charge on any atom is 0.460 e. The molecule has 4 aromatic rings. The Morgan fingerprint density at radius 3 is 2.00 bits per heavy atom. The highest BCUT2D eigenvalue weighted by Gasteiger charge is 2.76. The molecule has 4 rings (SSSR count). The van der Waals surface area contributed by atoms with Crippen LogP contribution in [0.15, 0.2) is 39.3 Å². The molecular formula is C22H16Br2ClF7N6O2. The van der Waals surface area contributed by atoms with Gasteiger partial charge in [0, 0.05) is 31.2 Å². The molecule has 2 heterocycles. The van der Waals surface area contributed by atoms with Gasteiger partial charge in [0.05, 0.1) is 11.0 Å². The van der Waals surface area contributed by atoms with Crippen molar-refractivity contribution in [2.75, 3.05) is 10.6 Å². The Balaban J connectivity index is 0.000000230. The third-order valence-electron chi connectivity index (χ3n) is 5.13. The minimum Gasteiger partial charge on any atom is -0.309 e. The number of alkyl halides is 7. The van der Waals surface area contributed by atoms with E-state index in [-0.39, 0.29) is 21.8 Å². The zero-order chi connectivity index (χ0) is 30.0. The summed E-state index contributed by atoms with van der Waals surface area (Å²) in [5.41, 5.74) is 1.03. The number of halogens is 10. The molecule has 0 unspecified atom stereocenters. The number of hydrogen-bond acceptors (Lipinski definition) is 4. The number of carbonyl (C=O) groups is 2. The topological polar surface area (TPSA) is 116 Å². The van der Waals surface area contributed by atoms with Crippen LogP contribution in [-0.4, -0.2) is 50.2 Å². The van der Waals surface area contributed by atoms with Gasteiger partial charge in [0.1, 0.15) is 0 Å². The number of amides is 2. The summed E-state index contributed by atoms with van der Waals surface area (Å²) in [7, 11) is 0. The molecule has 0 aliphatic carbocycles. The summed E-state index contributed by atoms with van der Waals surface area (Å²) in [6.45, 7) is 1.97. The van der Waals surface area contributed by atoms with Crippen molar-refractivity contribution in [3.63, 3.8) is 0 Å². The average Bonchev–Trinajstić information content (AvgIpc) is 3.42. The van der Waals surface area contributed by atoms with Crippen molar-refractivity contribution in [3.8, 4) is 0 Å². The molecule has 4 N–H and O–H groups in total. The molecular weight excluding hydrogens is 709 g/mol. The van der Waals surface area contributed by atoms with E-state index in [1.807, 2.05) is 19.1 Å². The fraction of sp³-hybridized carbons (Fsp3) is 0.273. The number of hydrogen-bond donors (Lipinski definition) is 4. The zero-order valence-electron chi connectivity index (χ0n) is 19.8. The Labute approximate surface area is 241 Å². The molecule has 40 heavy (non-hydrogen) atoms. The summed E-state index contributed by atoms with van der Waals surface area (Å²) in [6, 6.07) is 7.60. The highest BCUT2D eigenvalue weighted by molar-refractivity contribution is 9.13. The third-order valence-corrected chi connectivity index (χ3v) is 7.21. The van der Waals surface area contributed by atoms with E-state index in [1.165, 1.54) is 23.5 Å². The van der Waals surface area contributed by atoms with Crippen molar-refractivity contribution < 1.29 is 40.3 Å². The standard InChI is InChI=1S/C11H11Br2N3O.C11H5ClF7N3O/c1-2-3-10(17)14-11-6-4-7(12)8(13)5-9(6)15-16-11;12-4-1-2-5-6(3-4)21-22-7(5)20-8(23)9(13,14)10(15,16)11(17,18)19/h4-5H,2-3H2,1H3,(H2,14,15,16,17);1-3H,(H2,20,21,22,23). The first-order valence-electron chi connectivity index (χ1n) is 10.9. The number of aromatic nitrogens is 4. The van der Waals surface area contributed by atoms with E-state index in [4.69, 9.17) is 11.6 Å². The number of H-pyrrole nitrogens is 2. The van der Waals surface area contributed by atoms with Crippen LogP contribution in [0.5, 0.6) is 0 Å². The maximum atomic E-state index is 13.2. The molecule has 0 atom stereocenters. The van der Waals surface area contributed by atoms with Crippen molar-refractivity contribution in [2.45, 2.75) is 37.8 Å². The predicted molar refractivity (Wildman–Crippen MR) is 141 cm³/mol. The molecule has 2 aromatic heterocycles. The van der Waals surface area contributed by atoms with Crippen LogP contribution < -0.4 is 10.6 Å². The first kappa shape index (κ1) is 31.6. The quantitative estimate of drug-likeness (QED) is 0.152. The summed E-state index contributed by atoms with van der Waals surface area (Å²) in [5.74, 6) is -15.5. The van der Waals surface area contributed by atoms with Crippen LogP contribution in [0.3, 0.4) is 0 Å². The summed E-state index contributed by atoms with van der Waals surface area (Å²) < 4.78 is 89.9. The molecule has 0 saturated heterocycles. The van der Waals surface area contributed by atoms with E-state index in [0.29, 0.717) is 12.2 Å². The van der Waals surface area contributed by atoms with Crippen molar-refractivity contribution in [1.29, 1.82) is 0 Å². The Morgan fingerprint density at radius 2 is 1.43 bits per heavy atom. The van der Waals surface area contributed by atoms with Crippen LogP contribution in [0.4, 0.5) is 42.4 Å². The molecule has 2 aromatic carbocycles. The molecule has 18 heteroatoms. The Hall–Kier alpha value is -2.92. The molecule has 8 nitrogen and oxygen atoms in total. The van der Waals surface area contributed by atoms with Gasteiger partial charge in [-0.25, -0.2) is 0 Å². The van der Waals surface area contributed by atoms with E-state index in [0.717, 1.165) is 26.3 Å². The van der Waals surface area contributed by atoms with Crippen molar-refractivity contribution in [1.82, 2.24) is 20.4 Å². The van der Waals surface area contributed by atoms with E-state index in [2.05, 4.69) is 57.6 Å². The molecule has 0 bridgehead atoms. The smallest absolute Gasteiger partial charge is 0.309 e. The van der Waals surface area contributed by atoms with Gasteiger partial charge in [-0.3, -0.25) is 19.8 Å². The molecule has 0 spiro atoms. The SMILES string of the molecule is CCCC(=O)Nc1n[nH]c2cc(Br)c(Br)cc12.O=C(Nc1n[nH]c2cc(Cl)ccc12)C(F)(F)C(F)(F)C(F)(F)F. The molecule has 0 aliphatic rings. The number of nitrogens with zero attached hydrogens (tertiary/aromatic N) is 2. The Morgan fingerprint density at radius 1 is 0.875 bits per heavy atom. The van der Waals surface area contributed by atoms with E-state index >= 15 is 0 Å². The van der Waals surface area contributed by atoms with Gasteiger partial charge in [-0.15, -0.1) is 0 Å². The van der Waals surface area contributed by atoms with E-state index < -0.39 is 29.7 Å². The number of rotatable bonds is 6. The van der Waals surface area contributed by atoms with Gasteiger partial charge in [-0.05, 0) is 68.6 Å². The van der Waals surface area contributed by atoms with Crippen LogP contribution in [0.1, 0.15) is 19.8 Å². The highest BCUT2D eigenvalue weighted by atomic mass is 79.9. The van der Waals surface area contributed by atoms with E-state index in [9.17, 15) is 40.3 Å². The van der Waals surface area contributed by atoms with Crippen LogP contribution in [0, 0.1) is 0 Å². The third kappa shape index (κ3) is 6.52. The lowest BCUT2D eigenvalue weighted by Gasteiger charge is -2.26. The summed E-state index contributed by atoms with van der Waals surface area (Å²) >= 11 is 12.5.